The van der Waals surface area contributed by atoms with E-state index in [0.717, 1.165) is 51.9 Å². The molecular weight excluding hydrogens is 456 g/mol. The van der Waals surface area contributed by atoms with Crippen LogP contribution in [0.25, 0.3) is 0 Å². The zero-order valence-corrected chi connectivity index (χ0v) is 20.9. The number of para-hydroxylation sites is 2. The number of anilines is 2. The highest BCUT2D eigenvalue weighted by Crippen LogP contribution is 2.19. The highest BCUT2D eigenvalue weighted by molar-refractivity contribution is 5.85. The minimum atomic E-state index is -0.602. The van der Waals surface area contributed by atoms with Crippen LogP contribution in [-0.2, 0) is 9.47 Å². The van der Waals surface area contributed by atoms with Gasteiger partial charge in [0, 0.05) is 24.5 Å². The summed E-state index contributed by atoms with van der Waals surface area (Å²) in [6.07, 6.45) is 4.62. The lowest BCUT2D eigenvalue weighted by Gasteiger charge is -2.36. The number of nitrogens with zero attached hydrogens (tertiary/aromatic N) is 2. The average Bonchev–Trinajstić information content (AvgIpc) is 2.90. The predicted molar refractivity (Wildman–Crippen MR) is 141 cm³/mol. The van der Waals surface area contributed by atoms with Gasteiger partial charge in [0.1, 0.15) is 0 Å². The van der Waals surface area contributed by atoms with Gasteiger partial charge in [-0.3, -0.25) is 20.4 Å². The van der Waals surface area contributed by atoms with Crippen LogP contribution < -0.4 is 10.6 Å². The van der Waals surface area contributed by atoms with Crippen LogP contribution in [0.3, 0.4) is 0 Å². The molecule has 0 aromatic heterocycles. The SMILES string of the molecule is O=C(Nc1ccccc1)OC(CN1CCCCC1)C(CN1CCCCC1)OC(=O)Nc1ccccc1. The van der Waals surface area contributed by atoms with E-state index in [0.29, 0.717) is 24.5 Å². The lowest BCUT2D eigenvalue weighted by Crippen LogP contribution is -2.51. The van der Waals surface area contributed by atoms with Crippen molar-refractivity contribution >= 4 is 23.6 Å². The van der Waals surface area contributed by atoms with E-state index in [9.17, 15) is 9.59 Å². The lowest BCUT2D eigenvalue weighted by atomic mass is 10.1. The van der Waals surface area contributed by atoms with Gasteiger partial charge in [-0.05, 0) is 76.1 Å². The molecule has 2 fully saturated rings. The molecule has 2 saturated heterocycles. The molecule has 2 atom stereocenters. The fourth-order valence-electron chi connectivity index (χ4n) is 4.87. The van der Waals surface area contributed by atoms with Crippen molar-refractivity contribution in [1.29, 1.82) is 0 Å². The molecule has 2 N–H and O–H groups in total. The van der Waals surface area contributed by atoms with Crippen LogP contribution in [0, 0.1) is 0 Å². The number of hydrogen-bond acceptors (Lipinski definition) is 6. The molecular formula is C28H38N4O4. The Morgan fingerprint density at radius 2 is 0.972 bits per heavy atom. The van der Waals surface area contributed by atoms with Crippen molar-refractivity contribution in [3.63, 3.8) is 0 Å². The molecule has 0 radical (unpaired) electrons. The topological polar surface area (TPSA) is 83.1 Å². The maximum atomic E-state index is 12.9. The van der Waals surface area contributed by atoms with E-state index in [1.165, 1.54) is 12.8 Å². The Kier molecular flexibility index (Phi) is 9.99. The summed E-state index contributed by atoms with van der Waals surface area (Å²) < 4.78 is 12.0. The van der Waals surface area contributed by atoms with Gasteiger partial charge >= 0.3 is 12.2 Å². The Balaban J connectivity index is 1.49. The van der Waals surface area contributed by atoms with E-state index < -0.39 is 24.4 Å². The first-order valence-electron chi connectivity index (χ1n) is 13.2. The minimum Gasteiger partial charge on any atom is -0.441 e. The van der Waals surface area contributed by atoms with E-state index in [1.54, 1.807) is 0 Å². The van der Waals surface area contributed by atoms with Gasteiger partial charge < -0.3 is 9.47 Å². The summed E-state index contributed by atoms with van der Waals surface area (Å²) in [6, 6.07) is 18.5. The van der Waals surface area contributed by atoms with Crippen LogP contribution in [0.2, 0.25) is 0 Å². The van der Waals surface area contributed by atoms with Gasteiger partial charge in [0.2, 0.25) is 0 Å². The maximum Gasteiger partial charge on any atom is 0.412 e. The second-order valence-corrected chi connectivity index (χ2v) is 9.59. The summed E-state index contributed by atoms with van der Waals surface area (Å²) >= 11 is 0. The molecule has 0 spiro atoms. The fourth-order valence-corrected chi connectivity index (χ4v) is 4.87. The second-order valence-electron chi connectivity index (χ2n) is 9.59. The fraction of sp³-hybridized carbons (Fsp3) is 0.500. The van der Waals surface area contributed by atoms with Crippen LogP contribution in [0.15, 0.2) is 60.7 Å². The van der Waals surface area contributed by atoms with Crippen LogP contribution in [-0.4, -0.2) is 73.5 Å². The number of piperidine rings is 2. The van der Waals surface area contributed by atoms with E-state index in [4.69, 9.17) is 9.47 Å². The molecule has 2 amide bonds. The second kappa shape index (κ2) is 13.8. The molecule has 2 aliphatic heterocycles. The molecule has 4 rings (SSSR count). The predicted octanol–water partition coefficient (Wildman–Crippen LogP) is 5.19. The summed E-state index contributed by atoms with van der Waals surface area (Å²) in [4.78, 5) is 30.5. The minimum absolute atomic E-state index is 0.527. The van der Waals surface area contributed by atoms with Crippen LogP contribution in [0.4, 0.5) is 21.0 Å². The Labute approximate surface area is 213 Å². The zero-order chi connectivity index (χ0) is 25.0. The van der Waals surface area contributed by atoms with Crippen molar-refractivity contribution in [2.75, 3.05) is 49.9 Å². The number of carbonyl (C=O) groups is 2. The molecule has 2 aliphatic rings. The molecule has 2 unspecified atom stereocenters. The number of carbonyl (C=O) groups excluding carboxylic acids is 2. The lowest BCUT2D eigenvalue weighted by molar-refractivity contribution is -0.0343. The van der Waals surface area contributed by atoms with Crippen LogP contribution >= 0.6 is 0 Å². The van der Waals surface area contributed by atoms with E-state index in [2.05, 4.69) is 20.4 Å². The molecule has 8 heteroatoms. The Morgan fingerprint density at radius 3 is 1.33 bits per heavy atom. The van der Waals surface area contributed by atoms with Gasteiger partial charge in [0.05, 0.1) is 0 Å². The Bertz CT molecular complexity index is 854. The van der Waals surface area contributed by atoms with Gasteiger partial charge in [-0.25, -0.2) is 9.59 Å². The third-order valence-corrected chi connectivity index (χ3v) is 6.75. The summed E-state index contributed by atoms with van der Waals surface area (Å²) in [5.41, 5.74) is 1.32. The quantitative estimate of drug-likeness (QED) is 0.499. The molecule has 194 valence electrons. The van der Waals surface area contributed by atoms with Crippen molar-refractivity contribution < 1.29 is 19.1 Å². The van der Waals surface area contributed by atoms with Crippen molar-refractivity contribution in [1.82, 2.24) is 9.80 Å². The monoisotopic (exact) mass is 494 g/mol. The van der Waals surface area contributed by atoms with E-state index in [-0.39, 0.29) is 0 Å². The van der Waals surface area contributed by atoms with Crippen molar-refractivity contribution in [2.45, 2.75) is 50.7 Å². The van der Waals surface area contributed by atoms with Crippen LogP contribution in [0.1, 0.15) is 38.5 Å². The Hall–Kier alpha value is -3.10. The molecule has 8 nitrogen and oxygen atoms in total. The molecule has 0 aliphatic carbocycles. The summed E-state index contributed by atoms with van der Waals surface area (Å²) in [5.74, 6) is 0. The third kappa shape index (κ3) is 8.53. The first kappa shape index (κ1) is 26.0. The van der Waals surface area contributed by atoms with Gasteiger partial charge in [0.15, 0.2) is 12.2 Å². The van der Waals surface area contributed by atoms with Crippen molar-refractivity contribution in [2.24, 2.45) is 0 Å². The number of nitrogens with one attached hydrogen (secondary N) is 2. The summed E-state index contributed by atoms with van der Waals surface area (Å²) in [6.45, 7) is 4.86. The molecule has 36 heavy (non-hydrogen) atoms. The largest absolute Gasteiger partial charge is 0.441 e. The first-order valence-corrected chi connectivity index (χ1v) is 13.2. The summed E-state index contributed by atoms with van der Waals surface area (Å²) in [5, 5.41) is 5.62. The summed E-state index contributed by atoms with van der Waals surface area (Å²) in [7, 11) is 0. The normalized spacial score (nSPS) is 18.6. The smallest absolute Gasteiger partial charge is 0.412 e. The molecule has 0 bridgehead atoms. The molecule has 0 saturated carbocycles. The third-order valence-electron chi connectivity index (χ3n) is 6.75. The molecule has 2 heterocycles. The standard InChI is InChI=1S/C28H38N4O4/c33-27(29-23-13-5-1-6-14-23)35-25(21-31-17-9-3-10-18-31)26(22-32-19-11-4-12-20-32)36-28(34)30-24-15-7-2-8-16-24/h1-2,5-8,13-16,25-26H,3-4,9-12,17-22H2,(H,29,33)(H,30,34). The van der Waals surface area contributed by atoms with Gasteiger partial charge in [-0.15, -0.1) is 0 Å². The zero-order valence-electron chi connectivity index (χ0n) is 20.9. The van der Waals surface area contributed by atoms with Crippen molar-refractivity contribution in [3.8, 4) is 0 Å². The highest BCUT2D eigenvalue weighted by atomic mass is 16.6. The number of hydrogen-bond donors (Lipinski definition) is 2. The number of rotatable bonds is 9. The molecule has 2 aromatic rings. The van der Waals surface area contributed by atoms with Gasteiger partial charge in [0.25, 0.3) is 0 Å². The van der Waals surface area contributed by atoms with Crippen molar-refractivity contribution in [3.05, 3.63) is 60.7 Å². The first-order chi connectivity index (χ1) is 17.7. The van der Waals surface area contributed by atoms with Gasteiger partial charge in [-0.1, -0.05) is 49.2 Å². The number of ether oxygens (including phenoxy) is 2. The van der Waals surface area contributed by atoms with Crippen LogP contribution in [0.5, 0.6) is 0 Å². The Morgan fingerprint density at radius 1 is 0.611 bits per heavy atom. The number of amides is 2. The number of likely N-dealkylation sites (tertiary alicyclic amines) is 2. The average molecular weight is 495 g/mol. The van der Waals surface area contributed by atoms with E-state index >= 15 is 0 Å². The van der Waals surface area contributed by atoms with Gasteiger partial charge in [-0.2, -0.15) is 0 Å². The number of benzene rings is 2. The molecule has 2 aromatic carbocycles. The highest BCUT2D eigenvalue weighted by Gasteiger charge is 2.33. The van der Waals surface area contributed by atoms with E-state index in [1.807, 2.05) is 60.7 Å². The maximum absolute atomic E-state index is 12.9.